The predicted octanol–water partition coefficient (Wildman–Crippen LogP) is 1.47. The first-order valence-electron chi connectivity index (χ1n) is 7.41. The second-order valence-electron chi connectivity index (χ2n) is 5.88. The lowest BCUT2D eigenvalue weighted by Crippen LogP contribution is -2.52. The summed E-state index contributed by atoms with van der Waals surface area (Å²) in [5, 5.41) is 4.66. The van der Waals surface area contributed by atoms with Crippen molar-refractivity contribution < 1.29 is 0 Å². The van der Waals surface area contributed by atoms with Crippen LogP contribution in [0.1, 0.15) is 0 Å². The molecule has 2 aromatic rings. The molecule has 3 rings (SSSR count). The van der Waals surface area contributed by atoms with Crippen molar-refractivity contribution in [3.63, 3.8) is 0 Å². The Labute approximate surface area is 125 Å². The Morgan fingerprint density at radius 2 is 2.14 bits per heavy atom. The number of nitrogen functional groups attached to an aromatic ring is 1. The maximum Gasteiger partial charge on any atom is 0.0951 e. The van der Waals surface area contributed by atoms with Crippen LogP contribution >= 0.6 is 0 Å². The molecule has 0 bridgehead atoms. The normalized spacial score (nSPS) is 20.8. The highest BCUT2D eigenvalue weighted by Crippen LogP contribution is 2.26. The summed E-state index contributed by atoms with van der Waals surface area (Å²) in [6, 6.07) is 8.51. The van der Waals surface area contributed by atoms with Gasteiger partial charge in [-0.15, -0.1) is 0 Å². The molecule has 21 heavy (non-hydrogen) atoms. The molecule has 1 aliphatic heterocycles. The standard InChI is InChI=1S/C16H23N5/c1-20-8-9-21(2)12(11-20)10-19-15-6-5-14(17)16-13(15)4-3-7-18-16/h3-7,12,19H,8-11,17H2,1-2H3. The molecule has 0 radical (unpaired) electrons. The van der Waals surface area contributed by atoms with Gasteiger partial charge < -0.3 is 16.0 Å². The second-order valence-corrected chi connectivity index (χ2v) is 5.88. The summed E-state index contributed by atoms with van der Waals surface area (Å²) in [6.45, 7) is 4.28. The van der Waals surface area contributed by atoms with Gasteiger partial charge in [0.05, 0.1) is 11.2 Å². The third kappa shape index (κ3) is 2.94. The molecule has 0 saturated carbocycles. The molecule has 1 aliphatic rings. The highest BCUT2D eigenvalue weighted by Gasteiger charge is 2.21. The highest BCUT2D eigenvalue weighted by molar-refractivity contribution is 5.98. The minimum atomic E-state index is 0.521. The maximum atomic E-state index is 6.00. The summed E-state index contributed by atoms with van der Waals surface area (Å²) in [4.78, 5) is 9.18. The summed E-state index contributed by atoms with van der Waals surface area (Å²) in [5.74, 6) is 0. The fourth-order valence-electron chi connectivity index (χ4n) is 2.90. The van der Waals surface area contributed by atoms with Crippen LogP contribution in [0.25, 0.3) is 10.9 Å². The molecule has 5 nitrogen and oxygen atoms in total. The molecule has 5 heteroatoms. The van der Waals surface area contributed by atoms with E-state index in [-0.39, 0.29) is 0 Å². The number of nitrogens with two attached hydrogens (primary N) is 1. The van der Waals surface area contributed by atoms with Crippen LogP contribution < -0.4 is 11.1 Å². The van der Waals surface area contributed by atoms with Gasteiger partial charge in [-0.05, 0) is 38.4 Å². The van der Waals surface area contributed by atoms with Crippen molar-refractivity contribution in [1.82, 2.24) is 14.8 Å². The molecule has 1 unspecified atom stereocenters. The SMILES string of the molecule is CN1CCN(C)C(CNc2ccc(N)c3ncccc23)C1. The average molecular weight is 285 g/mol. The van der Waals surface area contributed by atoms with Crippen molar-refractivity contribution in [2.24, 2.45) is 0 Å². The zero-order chi connectivity index (χ0) is 14.8. The van der Waals surface area contributed by atoms with E-state index in [0.29, 0.717) is 6.04 Å². The van der Waals surface area contributed by atoms with E-state index >= 15 is 0 Å². The fourth-order valence-corrected chi connectivity index (χ4v) is 2.90. The summed E-state index contributed by atoms with van der Waals surface area (Å²) in [5.41, 5.74) is 8.70. The molecule has 1 aromatic heterocycles. The Kier molecular flexibility index (Phi) is 3.94. The molecule has 0 aliphatic carbocycles. The number of nitrogens with zero attached hydrogens (tertiary/aromatic N) is 3. The minimum absolute atomic E-state index is 0.521. The lowest BCUT2D eigenvalue weighted by Gasteiger charge is -2.38. The Morgan fingerprint density at radius 1 is 1.29 bits per heavy atom. The second kappa shape index (κ2) is 5.87. The van der Waals surface area contributed by atoms with Crippen molar-refractivity contribution in [2.45, 2.75) is 6.04 Å². The van der Waals surface area contributed by atoms with E-state index in [1.54, 1.807) is 6.20 Å². The topological polar surface area (TPSA) is 57.4 Å². The Morgan fingerprint density at radius 3 is 3.00 bits per heavy atom. The van der Waals surface area contributed by atoms with E-state index in [0.717, 1.165) is 48.5 Å². The Hall–Kier alpha value is -1.85. The van der Waals surface area contributed by atoms with E-state index in [2.05, 4.69) is 40.3 Å². The average Bonchev–Trinajstić information content (AvgIpc) is 2.50. The molecule has 1 fully saturated rings. The first-order chi connectivity index (χ1) is 10.1. The zero-order valence-corrected chi connectivity index (χ0v) is 12.7. The van der Waals surface area contributed by atoms with Crippen molar-refractivity contribution in [2.75, 3.05) is 51.3 Å². The quantitative estimate of drug-likeness (QED) is 0.837. The number of nitrogens with one attached hydrogen (secondary N) is 1. The molecule has 1 aromatic carbocycles. The third-order valence-electron chi connectivity index (χ3n) is 4.31. The molecule has 3 N–H and O–H groups in total. The molecule has 112 valence electrons. The van der Waals surface area contributed by atoms with Gasteiger partial charge in [0.25, 0.3) is 0 Å². The molecule has 2 heterocycles. The predicted molar refractivity (Wildman–Crippen MR) is 88.6 cm³/mol. The number of rotatable bonds is 3. The molecular formula is C16H23N5. The van der Waals surface area contributed by atoms with Crippen LogP contribution in [0, 0.1) is 0 Å². The largest absolute Gasteiger partial charge is 0.397 e. The lowest BCUT2D eigenvalue weighted by atomic mass is 10.1. The summed E-state index contributed by atoms with van der Waals surface area (Å²) >= 11 is 0. The fraction of sp³-hybridized carbons (Fsp3) is 0.438. The highest BCUT2D eigenvalue weighted by atomic mass is 15.3. The maximum absolute atomic E-state index is 6.00. The number of benzene rings is 1. The zero-order valence-electron chi connectivity index (χ0n) is 12.7. The van der Waals surface area contributed by atoms with Crippen LogP contribution in [0.3, 0.4) is 0 Å². The van der Waals surface area contributed by atoms with Gasteiger partial charge in [0.15, 0.2) is 0 Å². The number of fused-ring (bicyclic) bond motifs is 1. The van der Waals surface area contributed by atoms with Gasteiger partial charge in [-0.2, -0.15) is 0 Å². The van der Waals surface area contributed by atoms with Gasteiger partial charge in [-0.1, -0.05) is 0 Å². The first kappa shape index (κ1) is 14.1. The number of hydrogen-bond donors (Lipinski definition) is 2. The smallest absolute Gasteiger partial charge is 0.0951 e. The molecular weight excluding hydrogens is 262 g/mol. The molecule has 0 spiro atoms. The third-order valence-corrected chi connectivity index (χ3v) is 4.31. The van der Waals surface area contributed by atoms with Gasteiger partial charge in [0, 0.05) is 49.5 Å². The van der Waals surface area contributed by atoms with Crippen molar-refractivity contribution in [1.29, 1.82) is 0 Å². The van der Waals surface area contributed by atoms with E-state index in [9.17, 15) is 0 Å². The van der Waals surface area contributed by atoms with E-state index in [4.69, 9.17) is 5.73 Å². The van der Waals surface area contributed by atoms with Crippen LogP contribution in [-0.2, 0) is 0 Å². The minimum Gasteiger partial charge on any atom is -0.397 e. The van der Waals surface area contributed by atoms with Crippen LogP contribution in [0.2, 0.25) is 0 Å². The summed E-state index contributed by atoms with van der Waals surface area (Å²) in [7, 11) is 4.38. The lowest BCUT2D eigenvalue weighted by molar-refractivity contribution is 0.122. The van der Waals surface area contributed by atoms with Gasteiger partial charge in [-0.25, -0.2) is 0 Å². The molecule has 0 amide bonds. The summed E-state index contributed by atoms with van der Waals surface area (Å²) < 4.78 is 0. The summed E-state index contributed by atoms with van der Waals surface area (Å²) in [6.07, 6.45) is 1.78. The number of piperazine rings is 1. The van der Waals surface area contributed by atoms with E-state index < -0.39 is 0 Å². The molecule has 1 atom stereocenters. The Balaban J connectivity index is 1.78. The van der Waals surface area contributed by atoms with Crippen LogP contribution in [0.15, 0.2) is 30.5 Å². The van der Waals surface area contributed by atoms with Crippen LogP contribution in [0.5, 0.6) is 0 Å². The monoisotopic (exact) mass is 285 g/mol. The number of aromatic nitrogens is 1. The van der Waals surface area contributed by atoms with Gasteiger partial charge in [-0.3, -0.25) is 9.88 Å². The first-order valence-corrected chi connectivity index (χ1v) is 7.41. The Bertz CT molecular complexity index is 627. The van der Waals surface area contributed by atoms with Gasteiger partial charge in [0.2, 0.25) is 0 Å². The number of hydrogen-bond acceptors (Lipinski definition) is 5. The number of likely N-dealkylation sites (N-methyl/N-ethyl adjacent to an activating group) is 2. The van der Waals surface area contributed by atoms with Crippen molar-refractivity contribution in [3.8, 4) is 0 Å². The van der Waals surface area contributed by atoms with Crippen molar-refractivity contribution >= 4 is 22.3 Å². The van der Waals surface area contributed by atoms with Crippen molar-refractivity contribution in [3.05, 3.63) is 30.5 Å². The van der Waals surface area contributed by atoms with Gasteiger partial charge >= 0.3 is 0 Å². The van der Waals surface area contributed by atoms with Gasteiger partial charge in [0.1, 0.15) is 0 Å². The van der Waals surface area contributed by atoms with E-state index in [1.165, 1.54) is 0 Å². The molecule has 1 saturated heterocycles. The van der Waals surface area contributed by atoms with E-state index in [1.807, 2.05) is 18.2 Å². The number of anilines is 2. The van der Waals surface area contributed by atoms with Crippen LogP contribution in [0.4, 0.5) is 11.4 Å². The number of pyridine rings is 1. The van der Waals surface area contributed by atoms with Crippen LogP contribution in [-0.4, -0.2) is 61.1 Å².